The van der Waals surface area contributed by atoms with Crippen LogP contribution in [0.2, 0.25) is 0 Å². The minimum atomic E-state index is -3.71. The summed E-state index contributed by atoms with van der Waals surface area (Å²) in [5.41, 5.74) is 5.79. The second-order valence-electron chi connectivity index (χ2n) is 3.47. The summed E-state index contributed by atoms with van der Waals surface area (Å²) < 4.78 is 26.6. The maximum absolute atomic E-state index is 12.1. The van der Waals surface area contributed by atoms with Gasteiger partial charge in [0.2, 0.25) is 0 Å². The molecule has 0 aliphatic rings. The SMILES string of the molecule is NCc1ncccc1S(=O)(=O)Nc1ccccn1. The van der Waals surface area contributed by atoms with Crippen LogP contribution in [0.25, 0.3) is 0 Å². The molecule has 0 fully saturated rings. The Bertz CT molecular complexity index is 629. The van der Waals surface area contributed by atoms with Gasteiger partial charge in [0.25, 0.3) is 10.0 Å². The molecule has 0 unspecified atom stereocenters. The zero-order valence-corrected chi connectivity index (χ0v) is 10.3. The molecule has 0 aliphatic heterocycles. The second-order valence-corrected chi connectivity index (χ2v) is 5.12. The smallest absolute Gasteiger partial charge is 0.264 e. The number of aromatic nitrogens is 2. The van der Waals surface area contributed by atoms with Crippen LogP contribution in [0.1, 0.15) is 5.69 Å². The van der Waals surface area contributed by atoms with Crippen molar-refractivity contribution in [3.8, 4) is 0 Å². The van der Waals surface area contributed by atoms with Gasteiger partial charge in [-0.3, -0.25) is 9.71 Å². The van der Waals surface area contributed by atoms with Crippen molar-refractivity contribution in [2.45, 2.75) is 11.4 Å². The number of anilines is 1. The highest BCUT2D eigenvalue weighted by molar-refractivity contribution is 7.92. The second kappa shape index (κ2) is 5.11. The van der Waals surface area contributed by atoms with Crippen molar-refractivity contribution in [3.63, 3.8) is 0 Å². The average Bonchev–Trinajstić information content (AvgIpc) is 2.39. The first-order valence-electron chi connectivity index (χ1n) is 5.21. The summed E-state index contributed by atoms with van der Waals surface area (Å²) in [5, 5.41) is 0. The number of nitrogens with two attached hydrogens (primary N) is 1. The van der Waals surface area contributed by atoms with Gasteiger partial charge in [0.1, 0.15) is 10.7 Å². The van der Waals surface area contributed by atoms with E-state index in [0.29, 0.717) is 5.69 Å². The summed E-state index contributed by atoms with van der Waals surface area (Å²) in [4.78, 5) is 7.91. The molecule has 7 heteroatoms. The van der Waals surface area contributed by atoms with Crippen molar-refractivity contribution in [2.24, 2.45) is 5.73 Å². The monoisotopic (exact) mass is 264 g/mol. The highest BCUT2D eigenvalue weighted by atomic mass is 32.2. The lowest BCUT2D eigenvalue weighted by molar-refractivity contribution is 0.599. The van der Waals surface area contributed by atoms with Crippen LogP contribution in [-0.4, -0.2) is 18.4 Å². The minimum Gasteiger partial charge on any atom is -0.325 e. The number of hydrogen-bond acceptors (Lipinski definition) is 5. The van der Waals surface area contributed by atoms with Crippen molar-refractivity contribution in [2.75, 3.05) is 4.72 Å². The number of pyridine rings is 2. The average molecular weight is 264 g/mol. The third-order valence-electron chi connectivity index (χ3n) is 2.24. The summed E-state index contributed by atoms with van der Waals surface area (Å²) in [6.45, 7) is 0.0549. The fourth-order valence-electron chi connectivity index (χ4n) is 1.44. The van der Waals surface area contributed by atoms with Gasteiger partial charge in [0.05, 0.1) is 5.69 Å². The lowest BCUT2D eigenvalue weighted by atomic mass is 10.3. The molecule has 94 valence electrons. The van der Waals surface area contributed by atoms with Crippen LogP contribution in [0, 0.1) is 0 Å². The van der Waals surface area contributed by atoms with E-state index >= 15 is 0 Å². The molecule has 3 N–H and O–H groups in total. The molecule has 0 radical (unpaired) electrons. The lowest BCUT2D eigenvalue weighted by Gasteiger charge is -2.09. The van der Waals surface area contributed by atoms with Gasteiger partial charge in [-0.05, 0) is 24.3 Å². The van der Waals surface area contributed by atoms with Crippen LogP contribution in [0.4, 0.5) is 5.82 Å². The maximum atomic E-state index is 12.1. The predicted octanol–water partition coefficient (Wildman–Crippen LogP) is 0.736. The number of nitrogens with one attached hydrogen (secondary N) is 1. The molecule has 0 atom stereocenters. The van der Waals surface area contributed by atoms with Crippen LogP contribution in [0.3, 0.4) is 0 Å². The van der Waals surface area contributed by atoms with Gasteiger partial charge < -0.3 is 5.73 Å². The molecule has 2 rings (SSSR count). The fourth-order valence-corrected chi connectivity index (χ4v) is 2.65. The Morgan fingerprint density at radius 3 is 2.56 bits per heavy atom. The Hall–Kier alpha value is -1.99. The number of sulfonamides is 1. The Morgan fingerprint density at radius 1 is 1.11 bits per heavy atom. The number of hydrogen-bond donors (Lipinski definition) is 2. The van der Waals surface area contributed by atoms with Gasteiger partial charge in [-0.1, -0.05) is 6.07 Å². The first-order valence-corrected chi connectivity index (χ1v) is 6.69. The van der Waals surface area contributed by atoms with Crippen molar-refractivity contribution < 1.29 is 8.42 Å². The molecule has 0 saturated carbocycles. The summed E-state index contributed by atoms with van der Waals surface area (Å²) in [7, 11) is -3.71. The highest BCUT2D eigenvalue weighted by Crippen LogP contribution is 2.16. The van der Waals surface area contributed by atoms with Crippen molar-refractivity contribution in [1.82, 2.24) is 9.97 Å². The predicted molar refractivity (Wildman–Crippen MR) is 67.2 cm³/mol. The van der Waals surface area contributed by atoms with E-state index in [1.54, 1.807) is 24.3 Å². The number of rotatable bonds is 4. The zero-order chi connectivity index (χ0) is 13.0. The number of nitrogens with zero attached hydrogens (tertiary/aromatic N) is 2. The third kappa shape index (κ3) is 2.63. The molecular weight excluding hydrogens is 252 g/mol. The molecule has 0 saturated heterocycles. The Balaban J connectivity index is 2.37. The zero-order valence-electron chi connectivity index (χ0n) is 9.45. The van der Waals surface area contributed by atoms with Crippen molar-refractivity contribution in [3.05, 3.63) is 48.4 Å². The van der Waals surface area contributed by atoms with Gasteiger partial charge >= 0.3 is 0 Å². The van der Waals surface area contributed by atoms with Crippen molar-refractivity contribution in [1.29, 1.82) is 0 Å². The standard InChI is InChI=1S/C11H12N4O2S/c12-8-9-10(4-3-7-13-9)18(16,17)15-11-5-1-2-6-14-11/h1-7H,8,12H2,(H,14,15). The van der Waals surface area contributed by atoms with Gasteiger partial charge in [0, 0.05) is 18.9 Å². The molecule has 0 amide bonds. The Morgan fingerprint density at radius 2 is 1.89 bits per heavy atom. The fraction of sp³-hybridized carbons (Fsp3) is 0.0909. The Labute approximate surface area is 105 Å². The van der Waals surface area contributed by atoms with Crippen LogP contribution in [0.5, 0.6) is 0 Å². The Kier molecular flexibility index (Phi) is 3.54. The summed E-state index contributed by atoms with van der Waals surface area (Å²) in [6, 6.07) is 7.97. The lowest BCUT2D eigenvalue weighted by Crippen LogP contribution is -2.17. The normalized spacial score (nSPS) is 11.2. The van der Waals surface area contributed by atoms with E-state index < -0.39 is 10.0 Å². The van der Waals surface area contributed by atoms with Crippen LogP contribution >= 0.6 is 0 Å². The van der Waals surface area contributed by atoms with Gasteiger partial charge in [-0.25, -0.2) is 13.4 Å². The molecule has 2 aromatic rings. The molecule has 2 heterocycles. The molecule has 0 bridgehead atoms. The maximum Gasteiger partial charge on any atom is 0.264 e. The third-order valence-corrected chi connectivity index (χ3v) is 3.66. The van der Waals surface area contributed by atoms with E-state index in [1.807, 2.05) is 0 Å². The quantitative estimate of drug-likeness (QED) is 0.848. The molecule has 6 nitrogen and oxygen atoms in total. The summed E-state index contributed by atoms with van der Waals surface area (Å²) in [6.07, 6.45) is 3.01. The van der Waals surface area contributed by atoms with E-state index in [9.17, 15) is 8.42 Å². The topological polar surface area (TPSA) is 98.0 Å². The molecule has 18 heavy (non-hydrogen) atoms. The summed E-state index contributed by atoms with van der Waals surface area (Å²) in [5.74, 6) is 0.254. The molecule has 0 aromatic carbocycles. The summed E-state index contributed by atoms with van der Waals surface area (Å²) >= 11 is 0. The van der Waals surface area contributed by atoms with Gasteiger partial charge in [-0.2, -0.15) is 0 Å². The van der Waals surface area contributed by atoms with E-state index in [0.717, 1.165) is 0 Å². The molecule has 0 spiro atoms. The first-order chi connectivity index (χ1) is 8.63. The molecular formula is C11H12N4O2S. The van der Waals surface area contributed by atoms with Crippen LogP contribution < -0.4 is 10.5 Å². The van der Waals surface area contributed by atoms with Crippen LogP contribution in [-0.2, 0) is 16.6 Å². The van der Waals surface area contributed by atoms with E-state index in [4.69, 9.17) is 5.73 Å². The van der Waals surface area contributed by atoms with E-state index in [-0.39, 0.29) is 17.3 Å². The van der Waals surface area contributed by atoms with Crippen molar-refractivity contribution >= 4 is 15.8 Å². The van der Waals surface area contributed by atoms with E-state index in [1.165, 1.54) is 18.5 Å². The highest BCUT2D eigenvalue weighted by Gasteiger charge is 2.18. The molecule has 0 aliphatic carbocycles. The largest absolute Gasteiger partial charge is 0.325 e. The van der Waals surface area contributed by atoms with Crippen LogP contribution in [0.15, 0.2) is 47.6 Å². The molecule has 2 aromatic heterocycles. The minimum absolute atomic E-state index is 0.0549. The first kappa shape index (κ1) is 12.5. The van der Waals surface area contributed by atoms with Gasteiger partial charge in [0.15, 0.2) is 0 Å². The van der Waals surface area contributed by atoms with E-state index in [2.05, 4.69) is 14.7 Å². The van der Waals surface area contributed by atoms with Gasteiger partial charge in [-0.15, -0.1) is 0 Å².